The second kappa shape index (κ2) is 9.78. The predicted molar refractivity (Wildman–Crippen MR) is 121 cm³/mol. The Bertz CT molecular complexity index is 1250. The van der Waals surface area contributed by atoms with Crippen LogP contribution in [0.5, 0.6) is 17.4 Å². The highest BCUT2D eigenvalue weighted by molar-refractivity contribution is 7.92. The number of nitrogens with one attached hydrogen (secondary N) is 2. The summed E-state index contributed by atoms with van der Waals surface area (Å²) < 4.78 is 44.4. The molecule has 0 aliphatic carbocycles. The van der Waals surface area contributed by atoms with E-state index in [4.69, 9.17) is 14.2 Å². The maximum Gasteiger partial charge on any atom is 0.262 e. The maximum atomic E-state index is 12.8. The topological polar surface area (TPSA) is 116 Å². The van der Waals surface area contributed by atoms with Crippen LogP contribution in [0.2, 0.25) is 0 Å². The number of hydrogen-bond donors (Lipinski definition) is 2. The number of methoxy groups -OCH3 is 1. The highest BCUT2D eigenvalue weighted by Gasteiger charge is 2.19. The van der Waals surface area contributed by atoms with Gasteiger partial charge in [0.15, 0.2) is 11.5 Å². The number of anilines is 1. The van der Waals surface area contributed by atoms with Crippen LogP contribution in [0.3, 0.4) is 0 Å². The lowest BCUT2D eigenvalue weighted by atomic mass is 10.2. The van der Waals surface area contributed by atoms with E-state index in [2.05, 4.69) is 15.0 Å². The molecule has 0 saturated heterocycles. The monoisotopic (exact) mass is 469 g/mol. The Hall–Kier alpha value is -3.79. The summed E-state index contributed by atoms with van der Waals surface area (Å²) in [6.45, 7) is 1.22. The molecule has 2 aromatic carbocycles. The van der Waals surface area contributed by atoms with Crippen LogP contribution in [0.15, 0.2) is 65.7 Å². The van der Waals surface area contributed by atoms with E-state index in [1.807, 2.05) is 6.07 Å². The van der Waals surface area contributed by atoms with Crippen molar-refractivity contribution in [2.45, 2.75) is 17.9 Å². The van der Waals surface area contributed by atoms with Crippen LogP contribution in [0, 0.1) is 0 Å². The molecule has 3 aromatic rings. The molecule has 9 nitrogen and oxygen atoms in total. The molecule has 172 valence electrons. The van der Waals surface area contributed by atoms with E-state index in [1.165, 1.54) is 31.4 Å². The van der Waals surface area contributed by atoms with E-state index in [0.717, 1.165) is 12.0 Å². The largest absolute Gasteiger partial charge is 0.490 e. The summed E-state index contributed by atoms with van der Waals surface area (Å²) in [7, 11) is -2.34. The van der Waals surface area contributed by atoms with Gasteiger partial charge in [-0.3, -0.25) is 9.52 Å². The van der Waals surface area contributed by atoms with Gasteiger partial charge in [0.25, 0.3) is 15.9 Å². The number of carbonyl (C=O) groups is 1. The maximum absolute atomic E-state index is 12.8. The normalized spacial score (nSPS) is 13.0. The second-order valence-corrected chi connectivity index (χ2v) is 8.88. The third kappa shape index (κ3) is 5.35. The first-order valence-corrected chi connectivity index (χ1v) is 11.7. The molecule has 1 aliphatic heterocycles. The van der Waals surface area contributed by atoms with Gasteiger partial charge in [0.05, 0.1) is 25.2 Å². The van der Waals surface area contributed by atoms with Crippen molar-refractivity contribution in [1.82, 2.24) is 10.3 Å². The molecule has 10 heteroatoms. The Labute approximate surface area is 191 Å². The van der Waals surface area contributed by atoms with Crippen LogP contribution >= 0.6 is 0 Å². The number of rotatable bonds is 7. The molecule has 0 fully saturated rings. The highest BCUT2D eigenvalue weighted by Crippen LogP contribution is 2.32. The average molecular weight is 470 g/mol. The van der Waals surface area contributed by atoms with E-state index in [1.54, 1.807) is 30.5 Å². The van der Waals surface area contributed by atoms with E-state index in [0.29, 0.717) is 41.8 Å². The lowest BCUT2D eigenvalue weighted by molar-refractivity contribution is 0.0950. The number of aromatic nitrogens is 1. The first-order chi connectivity index (χ1) is 16.0. The molecule has 1 aliphatic rings. The molecule has 0 unspecified atom stereocenters. The third-order valence-corrected chi connectivity index (χ3v) is 6.29. The number of sulfonamides is 1. The molecule has 1 aromatic heterocycles. The second-order valence-electron chi connectivity index (χ2n) is 7.20. The highest BCUT2D eigenvalue weighted by atomic mass is 32.2. The zero-order valence-corrected chi connectivity index (χ0v) is 18.7. The fraction of sp³-hybridized carbons (Fsp3) is 0.217. The van der Waals surface area contributed by atoms with Crippen molar-refractivity contribution < 1.29 is 27.4 Å². The summed E-state index contributed by atoms with van der Waals surface area (Å²) in [5, 5.41) is 2.79. The average Bonchev–Trinajstić information content (AvgIpc) is 3.08. The van der Waals surface area contributed by atoms with Gasteiger partial charge in [0.1, 0.15) is 0 Å². The fourth-order valence-electron chi connectivity index (χ4n) is 3.23. The first-order valence-electron chi connectivity index (χ1n) is 10.2. The molecular formula is C23H23N3O6S. The molecular weight excluding hydrogens is 446 g/mol. The van der Waals surface area contributed by atoms with Gasteiger partial charge in [-0.25, -0.2) is 13.4 Å². The van der Waals surface area contributed by atoms with E-state index >= 15 is 0 Å². The Morgan fingerprint density at radius 1 is 1.06 bits per heavy atom. The number of benzene rings is 2. The smallest absolute Gasteiger partial charge is 0.262 e. The third-order valence-electron chi connectivity index (χ3n) is 4.91. The fourth-order valence-corrected chi connectivity index (χ4v) is 4.31. The van der Waals surface area contributed by atoms with Gasteiger partial charge in [0, 0.05) is 42.0 Å². The molecule has 0 saturated carbocycles. The van der Waals surface area contributed by atoms with Crippen molar-refractivity contribution in [2.75, 3.05) is 25.0 Å². The SMILES string of the molecule is COc1ncccc1CNC(=O)c1ccc(NS(=O)(=O)c2ccc3c(c2)OCCCO3)cc1. The van der Waals surface area contributed by atoms with Gasteiger partial charge in [-0.05, 0) is 42.5 Å². The summed E-state index contributed by atoms with van der Waals surface area (Å²) >= 11 is 0. The van der Waals surface area contributed by atoms with E-state index < -0.39 is 10.0 Å². The summed E-state index contributed by atoms with van der Waals surface area (Å²) in [4.78, 5) is 16.6. The van der Waals surface area contributed by atoms with Crippen LogP contribution in [-0.4, -0.2) is 39.6 Å². The summed E-state index contributed by atoms with van der Waals surface area (Å²) in [6, 6.07) is 14.2. The standard InChI is InChI=1S/C23H23N3O6S/c1-30-23-17(4-2-11-24-23)15-25-22(27)16-5-7-18(8-6-16)26-33(28,29)19-9-10-20-21(14-19)32-13-3-12-31-20/h2,4-11,14,26H,3,12-13,15H2,1H3,(H,25,27). The Morgan fingerprint density at radius 2 is 1.82 bits per heavy atom. The van der Waals surface area contributed by atoms with Crippen molar-refractivity contribution in [3.05, 3.63) is 71.9 Å². The summed E-state index contributed by atoms with van der Waals surface area (Å²) in [6.07, 6.45) is 2.33. The molecule has 0 spiro atoms. The van der Waals surface area contributed by atoms with Crippen LogP contribution < -0.4 is 24.2 Å². The minimum atomic E-state index is -3.85. The summed E-state index contributed by atoms with van der Waals surface area (Å²) in [5.74, 6) is 1.05. The van der Waals surface area contributed by atoms with Gasteiger partial charge in [0.2, 0.25) is 5.88 Å². The number of fused-ring (bicyclic) bond motifs is 1. The van der Waals surface area contributed by atoms with Crippen molar-refractivity contribution in [1.29, 1.82) is 0 Å². The Kier molecular flexibility index (Phi) is 6.64. The van der Waals surface area contributed by atoms with Crippen molar-refractivity contribution in [2.24, 2.45) is 0 Å². The molecule has 33 heavy (non-hydrogen) atoms. The van der Waals surface area contributed by atoms with Crippen molar-refractivity contribution in [3.8, 4) is 17.4 Å². The minimum Gasteiger partial charge on any atom is -0.490 e. The lowest BCUT2D eigenvalue weighted by Crippen LogP contribution is -2.23. The predicted octanol–water partition coefficient (Wildman–Crippen LogP) is 2.98. The van der Waals surface area contributed by atoms with Crippen LogP contribution in [0.25, 0.3) is 0 Å². The van der Waals surface area contributed by atoms with Gasteiger partial charge in [-0.2, -0.15) is 0 Å². The molecule has 2 heterocycles. The number of hydrogen-bond acceptors (Lipinski definition) is 7. The van der Waals surface area contributed by atoms with Crippen molar-refractivity contribution in [3.63, 3.8) is 0 Å². The quantitative estimate of drug-likeness (QED) is 0.546. The van der Waals surface area contributed by atoms with Crippen LogP contribution in [0.1, 0.15) is 22.3 Å². The zero-order chi connectivity index (χ0) is 23.3. The zero-order valence-electron chi connectivity index (χ0n) is 17.9. The number of ether oxygens (including phenoxy) is 3. The number of amides is 1. The van der Waals surface area contributed by atoms with E-state index in [-0.39, 0.29) is 17.3 Å². The summed E-state index contributed by atoms with van der Waals surface area (Å²) in [5.41, 5.74) is 1.46. The number of pyridine rings is 1. The van der Waals surface area contributed by atoms with E-state index in [9.17, 15) is 13.2 Å². The van der Waals surface area contributed by atoms with Gasteiger partial charge < -0.3 is 19.5 Å². The van der Waals surface area contributed by atoms with Crippen LogP contribution in [-0.2, 0) is 16.6 Å². The van der Waals surface area contributed by atoms with Crippen LogP contribution in [0.4, 0.5) is 5.69 Å². The van der Waals surface area contributed by atoms with Gasteiger partial charge in [-0.15, -0.1) is 0 Å². The minimum absolute atomic E-state index is 0.0546. The lowest BCUT2D eigenvalue weighted by Gasteiger charge is -2.12. The van der Waals surface area contributed by atoms with Crippen molar-refractivity contribution >= 4 is 21.6 Å². The first kappa shape index (κ1) is 22.4. The van der Waals surface area contributed by atoms with Gasteiger partial charge in [-0.1, -0.05) is 6.07 Å². The Balaban J connectivity index is 1.41. The molecule has 4 rings (SSSR count). The molecule has 0 radical (unpaired) electrons. The number of carbonyl (C=O) groups excluding carboxylic acids is 1. The number of nitrogens with zero attached hydrogens (tertiary/aromatic N) is 1. The Morgan fingerprint density at radius 3 is 2.58 bits per heavy atom. The molecule has 0 atom stereocenters. The van der Waals surface area contributed by atoms with Gasteiger partial charge >= 0.3 is 0 Å². The molecule has 1 amide bonds. The molecule has 0 bridgehead atoms. The molecule has 2 N–H and O–H groups in total.